The number of benzene rings is 1. The molecule has 122 valence electrons. The first-order chi connectivity index (χ1) is 11.3. The fourth-order valence-corrected chi connectivity index (χ4v) is 3.08. The molecule has 0 unspecified atom stereocenters. The van der Waals surface area contributed by atoms with Crippen LogP contribution in [0.2, 0.25) is 0 Å². The van der Waals surface area contributed by atoms with Crippen LogP contribution in [0.3, 0.4) is 0 Å². The van der Waals surface area contributed by atoms with E-state index in [0.29, 0.717) is 25.1 Å². The predicted octanol–water partition coefficient (Wildman–Crippen LogP) is 3.48. The van der Waals surface area contributed by atoms with E-state index < -0.39 is 0 Å². The number of nitrogens with zero attached hydrogens (tertiary/aromatic N) is 2. The van der Waals surface area contributed by atoms with Gasteiger partial charge in [-0.25, -0.2) is 0 Å². The molecule has 23 heavy (non-hydrogen) atoms. The maximum Gasteiger partial charge on any atom is 0.148 e. The summed E-state index contributed by atoms with van der Waals surface area (Å²) in [4.78, 5) is 11.2. The molecule has 5 nitrogen and oxygen atoms in total. The first kappa shape index (κ1) is 15.9. The summed E-state index contributed by atoms with van der Waals surface area (Å²) in [6.07, 6.45) is 6.48. The van der Waals surface area contributed by atoms with Crippen molar-refractivity contribution >= 4 is 6.29 Å². The van der Waals surface area contributed by atoms with Crippen molar-refractivity contribution in [3.8, 4) is 5.75 Å². The average molecular weight is 314 g/mol. The Morgan fingerprint density at radius 1 is 1.22 bits per heavy atom. The van der Waals surface area contributed by atoms with Crippen molar-refractivity contribution < 1.29 is 14.3 Å². The number of carbonyl (C=O) groups is 1. The Balaban J connectivity index is 1.44. The lowest BCUT2D eigenvalue weighted by molar-refractivity contribution is -0.119. The third kappa shape index (κ3) is 3.85. The van der Waals surface area contributed by atoms with Crippen LogP contribution in [0.15, 0.2) is 46.1 Å². The molecule has 0 amide bonds. The molecule has 0 aromatic heterocycles. The van der Waals surface area contributed by atoms with Crippen molar-refractivity contribution in [3.05, 3.63) is 41.5 Å². The van der Waals surface area contributed by atoms with Gasteiger partial charge in [0.05, 0.1) is 25.8 Å². The summed E-state index contributed by atoms with van der Waals surface area (Å²) in [6, 6.07) is 8.28. The molecule has 1 aromatic rings. The van der Waals surface area contributed by atoms with Crippen LogP contribution in [0.1, 0.15) is 31.2 Å². The molecule has 3 atom stereocenters. The molecule has 0 spiro atoms. The van der Waals surface area contributed by atoms with Gasteiger partial charge < -0.3 is 14.3 Å². The molecule has 0 radical (unpaired) electrons. The zero-order chi connectivity index (χ0) is 16.1. The van der Waals surface area contributed by atoms with Crippen LogP contribution >= 0.6 is 0 Å². The van der Waals surface area contributed by atoms with Crippen molar-refractivity contribution in [3.63, 3.8) is 0 Å². The quantitative estimate of drug-likeness (QED) is 0.545. The zero-order valence-electron chi connectivity index (χ0n) is 13.4. The minimum absolute atomic E-state index is 0.301. The molecular weight excluding hydrogens is 292 g/mol. The highest BCUT2D eigenvalue weighted by Gasteiger charge is 2.34. The Morgan fingerprint density at radius 3 is 2.48 bits per heavy atom. The van der Waals surface area contributed by atoms with Crippen molar-refractivity contribution in [2.75, 3.05) is 7.11 Å². The third-order valence-electron chi connectivity index (χ3n) is 4.43. The summed E-state index contributed by atoms with van der Waals surface area (Å²) in [6.45, 7) is 0.430. The lowest BCUT2D eigenvalue weighted by atomic mass is 10.1. The first-order valence-electron chi connectivity index (χ1n) is 8.10. The Hall–Kier alpha value is -2.01. The lowest BCUT2D eigenvalue weighted by Gasteiger charge is -2.11. The molecule has 5 heteroatoms. The maximum absolute atomic E-state index is 11.2. The highest BCUT2D eigenvalue weighted by atomic mass is 16.5. The summed E-state index contributed by atoms with van der Waals surface area (Å²) >= 11 is 0. The number of hydrogen-bond donors (Lipinski definition) is 0. The van der Waals surface area contributed by atoms with Crippen LogP contribution in [0.5, 0.6) is 5.75 Å². The van der Waals surface area contributed by atoms with Gasteiger partial charge in [0, 0.05) is 0 Å². The second-order valence-electron chi connectivity index (χ2n) is 5.95. The largest absolute Gasteiger partial charge is 0.497 e. The second-order valence-corrected chi connectivity index (χ2v) is 5.95. The van der Waals surface area contributed by atoms with E-state index in [1.165, 1.54) is 5.57 Å². The highest BCUT2D eigenvalue weighted by Crippen LogP contribution is 2.37. The van der Waals surface area contributed by atoms with Crippen LogP contribution in [-0.2, 0) is 16.1 Å². The minimum atomic E-state index is -0.373. The van der Waals surface area contributed by atoms with Gasteiger partial charge in [0.15, 0.2) is 0 Å². The Labute approximate surface area is 136 Å². The molecule has 1 aliphatic heterocycles. The van der Waals surface area contributed by atoms with E-state index in [1.807, 2.05) is 24.3 Å². The molecule has 2 bridgehead atoms. The molecule has 3 rings (SSSR count). The number of aldehydes is 1. The van der Waals surface area contributed by atoms with E-state index in [1.54, 1.807) is 7.11 Å². The average Bonchev–Trinajstić information content (AvgIpc) is 3.18. The lowest BCUT2D eigenvalue weighted by Crippen LogP contribution is -2.14. The number of carbonyl (C=O) groups excluding carboxylic acids is 1. The minimum Gasteiger partial charge on any atom is -0.497 e. The van der Waals surface area contributed by atoms with Gasteiger partial charge in [-0.05, 0) is 49.0 Å². The Kier molecular flexibility index (Phi) is 5.18. The van der Waals surface area contributed by atoms with E-state index in [0.717, 1.165) is 36.9 Å². The van der Waals surface area contributed by atoms with Gasteiger partial charge in [-0.2, -0.15) is 10.2 Å². The Bertz CT molecular complexity index is 579. The first-order valence-corrected chi connectivity index (χ1v) is 8.10. The number of hydrogen-bond acceptors (Lipinski definition) is 5. The van der Waals surface area contributed by atoms with Crippen LogP contribution in [0.25, 0.3) is 0 Å². The van der Waals surface area contributed by atoms with Crippen LogP contribution < -0.4 is 4.74 Å². The molecule has 1 aromatic carbocycles. The van der Waals surface area contributed by atoms with Crippen LogP contribution in [-0.4, -0.2) is 31.6 Å². The van der Waals surface area contributed by atoms with E-state index in [4.69, 9.17) is 9.47 Å². The standard InChI is InChI=1S/C18H22N2O3/c1-22-14-7-5-13(6-8-14)12-23-15(11-21)3-2-4-16-17-9-10-18(16)20-19-17/h4-8,11,15,17-18H,2-3,9-10,12H2,1H3/t15-,17-,18+/m1/s1. The van der Waals surface area contributed by atoms with E-state index in [2.05, 4.69) is 16.3 Å². The summed E-state index contributed by atoms with van der Waals surface area (Å²) in [5.74, 6) is 0.814. The van der Waals surface area contributed by atoms with Crippen molar-refractivity contribution in [1.29, 1.82) is 0 Å². The molecule has 1 heterocycles. The van der Waals surface area contributed by atoms with E-state index in [9.17, 15) is 4.79 Å². The fraction of sp³-hybridized carbons (Fsp3) is 0.500. The van der Waals surface area contributed by atoms with Gasteiger partial charge in [-0.1, -0.05) is 18.2 Å². The monoisotopic (exact) mass is 314 g/mol. The van der Waals surface area contributed by atoms with Gasteiger partial charge in [-0.15, -0.1) is 0 Å². The summed E-state index contributed by atoms with van der Waals surface area (Å²) in [5.41, 5.74) is 2.37. The normalized spacial score (nSPS) is 25.0. The van der Waals surface area contributed by atoms with Gasteiger partial charge in [0.2, 0.25) is 0 Å². The molecule has 1 saturated carbocycles. The SMILES string of the molecule is COc1ccc(CO[C@@H](C=O)CCC=C2[C@@H]3CC[C@H]2N=N3)cc1. The van der Waals surface area contributed by atoms with E-state index in [-0.39, 0.29) is 6.10 Å². The Morgan fingerprint density at radius 2 is 1.91 bits per heavy atom. The van der Waals surface area contributed by atoms with Crippen molar-refractivity contribution in [1.82, 2.24) is 0 Å². The number of rotatable bonds is 8. The highest BCUT2D eigenvalue weighted by molar-refractivity contribution is 5.55. The summed E-state index contributed by atoms with van der Waals surface area (Å²) in [5, 5.41) is 8.48. The summed E-state index contributed by atoms with van der Waals surface area (Å²) in [7, 11) is 1.64. The van der Waals surface area contributed by atoms with Gasteiger partial charge in [0.1, 0.15) is 18.1 Å². The maximum atomic E-state index is 11.2. The smallest absolute Gasteiger partial charge is 0.148 e. The number of fused-ring (bicyclic) bond motifs is 2. The zero-order valence-corrected chi connectivity index (χ0v) is 13.4. The molecule has 1 fully saturated rings. The molecule has 2 aliphatic rings. The van der Waals surface area contributed by atoms with Crippen molar-refractivity contribution in [2.45, 2.75) is 50.5 Å². The van der Waals surface area contributed by atoms with E-state index >= 15 is 0 Å². The topological polar surface area (TPSA) is 60.2 Å². The number of ether oxygens (including phenoxy) is 2. The van der Waals surface area contributed by atoms with Crippen LogP contribution in [0, 0.1) is 0 Å². The number of methoxy groups -OCH3 is 1. The van der Waals surface area contributed by atoms with Crippen molar-refractivity contribution in [2.24, 2.45) is 10.2 Å². The third-order valence-corrected chi connectivity index (χ3v) is 4.43. The van der Waals surface area contributed by atoms with Gasteiger partial charge in [0.25, 0.3) is 0 Å². The van der Waals surface area contributed by atoms with Crippen LogP contribution in [0.4, 0.5) is 0 Å². The van der Waals surface area contributed by atoms with Gasteiger partial charge >= 0.3 is 0 Å². The second kappa shape index (κ2) is 7.51. The fourth-order valence-electron chi connectivity index (χ4n) is 3.08. The number of allylic oxidation sites excluding steroid dienone is 1. The molecular formula is C18H22N2O3. The molecule has 0 saturated heterocycles. The number of azo groups is 1. The predicted molar refractivity (Wildman–Crippen MR) is 86.6 cm³/mol. The van der Waals surface area contributed by atoms with Gasteiger partial charge in [-0.3, -0.25) is 0 Å². The molecule has 1 aliphatic carbocycles. The summed E-state index contributed by atoms with van der Waals surface area (Å²) < 4.78 is 10.8. The molecule has 0 N–H and O–H groups in total.